The molecule has 1 saturated heterocycles. The molecule has 0 spiro atoms. The standard InChI is InChI=1S/C21H22N4O2/c26-20-18(8-9-19(23-20)17-6-2-1-3-7-17)21(27)25-11-4-5-16(14-25)13-24-12-10-22-15-24/h1-3,6-10,12,15-16H,4-5,11,13-14H2,(H,23,26)/t16-/m1/s1. The molecule has 1 amide bonds. The lowest BCUT2D eigenvalue weighted by atomic mass is 9.97. The van der Waals surface area contributed by atoms with Crippen LogP contribution in [0.2, 0.25) is 0 Å². The average Bonchev–Trinajstić information content (AvgIpc) is 3.21. The van der Waals surface area contributed by atoms with Crippen molar-refractivity contribution in [1.29, 1.82) is 0 Å². The number of aromatic amines is 1. The Labute approximate surface area is 157 Å². The highest BCUT2D eigenvalue weighted by Gasteiger charge is 2.26. The molecule has 0 aliphatic carbocycles. The monoisotopic (exact) mass is 362 g/mol. The Morgan fingerprint density at radius 3 is 2.78 bits per heavy atom. The predicted octanol–water partition coefficient (Wildman–Crippen LogP) is 2.79. The molecule has 0 bridgehead atoms. The van der Waals surface area contributed by atoms with Crippen LogP contribution in [0.5, 0.6) is 0 Å². The second kappa shape index (κ2) is 7.61. The van der Waals surface area contributed by atoms with Gasteiger partial charge in [-0.25, -0.2) is 4.98 Å². The second-order valence-electron chi connectivity index (χ2n) is 7.00. The van der Waals surface area contributed by atoms with Crippen LogP contribution in [0.25, 0.3) is 11.3 Å². The number of carbonyl (C=O) groups is 1. The lowest BCUT2D eigenvalue weighted by Gasteiger charge is -2.32. The van der Waals surface area contributed by atoms with Crippen LogP contribution in [0.3, 0.4) is 0 Å². The highest BCUT2D eigenvalue weighted by Crippen LogP contribution is 2.20. The number of nitrogens with zero attached hydrogens (tertiary/aromatic N) is 3. The van der Waals surface area contributed by atoms with Crippen molar-refractivity contribution in [3.63, 3.8) is 0 Å². The van der Waals surface area contributed by atoms with Gasteiger partial charge in [-0.2, -0.15) is 0 Å². The number of benzene rings is 1. The number of pyridine rings is 1. The first-order chi connectivity index (χ1) is 13.2. The first-order valence-electron chi connectivity index (χ1n) is 9.24. The first-order valence-corrected chi connectivity index (χ1v) is 9.24. The minimum atomic E-state index is -0.335. The van der Waals surface area contributed by atoms with Gasteiger partial charge < -0.3 is 14.5 Å². The summed E-state index contributed by atoms with van der Waals surface area (Å²) in [5, 5.41) is 0. The Bertz CT molecular complexity index is 963. The van der Waals surface area contributed by atoms with Crippen LogP contribution in [0.4, 0.5) is 0 Å². The normalized spacial score (nSPS) is 17.0. The number of rotatable bonds is 4. The van der Waals surface area contributed by atoms with Gasteiger partial charge in [-0.15, -0.1) is 0 Å². The molecule has 4 rings (SSSR count). The minimum Gasteiger partial charge on any atom is -0.338 e. The fourth-order valence-corrected chi connectivity index (χ4v) is 3.69. The zero-order valence-electron chi connectivity index (χ0n) is 15.0. The SMILES string of the molecule is O=C(c1ccc(-c2ccccc2)[nH]c1=O)N1CCC[C@H](Cn2ccnc2)C1. The molecule has 27 heavy (non-hydrogen) atoms. The summed E-state index contributed by atoms with van der Waals surface area (Å²) in [6, 6.07) is 13.1. The number of hydrogen-bond donors (Lipinski definition) is 1. The third-order valence-corrected chi connectivity index (χ3v) is 5.06. The van der Waals surface area contributed by atoms with E-state index in [0.717, 1.165) is 24.9 Å². The van der Waals surface area contributed by atoms with E-state index in [9.17, 15) is 9.59 Å². The molecule has 1 aliphatic heterocycles. The summed E-state index contributed by atoms with van der Waals surface area (Å²) < 4.78 is 2.04. The van der Waals surface area contributed by atoms with Crippen molar-refractivity contribution in [2.75, 3.05) is 13.1 Å². The number of piperidine rings is 1. The molecule has 1 aromatic carbocycles. The molecule has 3 aromatic rings. The third kappa shape index (κ3) is 3.84. The van der Waals surface area contributed by atoms with E-state index in [1.165, 1.54) is 0 Å². The molecule has 0 radical (unpaired) electrons. The third-order valence-electron chi connectivity index (χ3n) is 5.06. The highest BCUT2D eigenvalue weighted by atomic mass is 16.2. The van der Waals surface area contributed by atoms with Gasteiger partial charge in [0.15, 0.2) is 0 Å². The summed E-state index contributed by atoms with van der Waals surface area (Å²) in [6.45, 7) is 2.20. The molecule has 3 heterocycles. The molecule has 0 unspecified atom stereocenters. The molecule has 1 atom stereocenters. The van der Waals surface area contributed by atoms with Gasteiger partial charge in [-0.1, -0.05) is 30.3 Å². The van der Waals surface area contributed by atoms with Gasteiger partial charge in [0.25, 0.3) is 11.5 Å². The van der Waals surface area contributed by atoms with E-state index in [1.54, 1.807) is 29.6 Å². The van der Waals surface area contributed by atoms with Gasteiger partial charge in [-0.3, -0.25) is 9.59 Å². The zero-order valence-corrected chi connectivity index (χ0v) is 15.0. The molecule has 1 aliphatic rings. The lowest BCUT2D eigenvalue weighted by Crippen LogP contribution is -2.42. The van der Waals surface area contributed by atoms with Crippen LogP contribution in [-0.2, 0) is 6.54 Å². The number of nitrogens with one attached hydrogen (secondary N) is 1. The fourth-order valence-electron chi connectivity index (χ4n) is 3.69. The molecular weight excluding hydrogens is 340 g/mol. The Morgan fingerprint density at radius 2 is 2.04 bits per heavy atom. The van der Waals surface area contributed by atoms with E-state index in [0.29, 0.717) is 24.7 Å². The quantitative estimate of drug-likeness (QED) is 0.776. The molecule has 2 aromatic heterocycles. The van der Waals surface area contributed by atoms with Crippen LogP contribution < -0.4 is 5.56 Å². The average molecular weight is 362 g/mol. The van der Waals surface area contributed by atoms with Crippen molar-refractivity contribution in [2.45, 2.75) is 19.4 Å². The number of hydrogen-bond acceptors (Lipinski definition) is 3. The largest absolute Gasteiger partial charge is 0.338 e. The Hall–Kier alpha value is -3.15. The summed E-state index contributed by atoms with van der Waals surface area (Å²) in [5.74, 6) is 0.186. The van der Waals surface area contributed by atoms with Crippen molar-refractivity contribution in [3.05, 3.63) is 77.1 Å². The van der Waals surface area contributed by atoms with Gasteiger partial charge in [0, 0.05) is 37.7 Å². The van der Waals surface area contributed by atoms with E-state index < -0.39 is 0 Å². The summed E-state index contributed by atoms with van der Waals surface area (Å²) in [5.41, 5.74) is 1.51. The van der Waals surface area contributed by atoms with E-state index in [2.05, 4.69) is 9.97 Å². The number of H-pyrrole nitrogens is 1. The molecule has 1 fully saturated rings. The number of likely N-dealkylation sites (tertiary alicyclic amines) is 1. The topological polar surface area (TPSA) is 71.0 Å². The van der Waals surface area contributed by atoms with Crippen LogP contribution in [0.1, 0.15) is 23.2 Å². The lowest BCUT2D eigenvalue weighted by molar-refractivity contribution is 0.0660. The number of imidazole rings is 1. The summed E-state index contributed by atoms with van der Waals surface area (Å²) in [7, 11) is 0. The zero-order chi connectivity index (χ0) is 18.6. The molecular formula is C21H22N4O2. The highest BCUT2D eigenvalue weighted by molar-refractivity contribution is 5.94. The van der Waals surface area contributed by atoms with Gasteiger partial charge in [0.2, 0.25) is 0 Å². The van der Waals surface area contributed by atoms with Crippen molar-refractivity contribution in [3.8, 4) is 11.3 Å². The number of amides is 1. The Kier molecular flexibility index (Phi) is 4.87. The van der Waals surface area contributed by atoms with Crippen molar-refractivity contribution < 1.29 is 4.79 Å². The van der Waals surface area contributed by atoms with Crippen LogP contribution in [0.15, 0.2) is 66.0 Å². The van der Waals surface area contributed by atoms with E-state index in [1.807, 2.05) is 41.1 Å². The van der Waals surface area contributed by atoms with E-state index in [4.69, 9.17) is 0 Å². The molecule has 6 nitrogen and oxygen atoms in total. The van der Waals surface area contributed by atoms with Crippen molar-refractivity contribution >= 4 is 5.91 Å². The van der Waals surface area contributed by atoms with E-state index in [-0.39, 0.29) is 17.0 Å². The number of aromatic nitrogens is 3. The fraction of sp³-hybridized carbons (Fsp3) is 0.286. The Balaban J connectivity index is 1.49. The van der Waals surface area contributed by atoms with Gasteiger partial charge >= 0.3 is 0 Å². The van der Waals surface area contributed by atoms with Gasteiger partial charge in [0.05, 0.1) is 6.33 Å². The molecule has 6 heteroatoms. The van der Waals surface area contributed by atoms with Gasteiger partial charge in [0.1, 0.15) is 5.56 Å². The van der Waals surface area contributed by atoms with E-state index >= 15 is 0 Å². The van der Waals surface area contributed by atoms with Crippen molar-refractivity contribution in [1.82, 2.24) is 19.4 Å². The summed E-state index contributed by atoms with van der Waals surface area (Å²) >= 11 is 0. The predicted molar refractivity (Wildman–Crippen MR) is 103 cm³/mol. The maximum atomic E-state index is 12.9. The number of carbonyl (C=O) groups excluding carboxylic acids is 1. The molecule has 1 N–H and O–H groups in total. The van der Waals surface area contributed by atoms with Crippen molar-refractivity contribution in [2.24, 2.45) is 5.92 Å². The maximum Gasteiger partial charge on any atom is 0.261 e. The van der Waals surface area contributed by atoms with Crippen LogP contribution >= 0.6 is 0 Å². The minimum absolute atomic E-state index is 0.189. The maximum absolute atomic E-state index is 12.9. The van der Waals surface area contributed by atoms with Crippen LogP contribution in [-0.4, -0.2) is 38.4 Å². The van der Waals surface area contributed by atoms with Gasteiger partial charge in [-0.05, 0) is 36.5 Å². The molecule has 0 saturated carbocycles. The van der Waals surface area contributed by atoms with Crippen LogP contribution in [0, 0.1) is 5.92 Å². The molecule has 138 valence electrons. The summed E-state index contributed by atoms with van der Waals surface area (Å²) in [6.07, 6.45) is 7.53. The second-order valence-corrected chi connectivity index (χ2v) is 7.00. The smallest absolute Gasteiger partial charge is 0.261 e. The Morgan fingerprint density at radius 1 is 1.19 bits per heavy atom. The first kappa shape index (κ1) is 17.3. The summed E-state index contributed by atoms with van der Waals surface area (Å²) in [4.78, 5) is 34.1.